The lowest BCUT2D eigenvalue weighted by Crippen LogP contribution is -2.35. The fraction of sp³-hybridized carbons (Fsp3) is 0.857. The van der Waals surface area contributed by atoms with Crippen molar-refractivity contribution in [2.45, 2.75) is 39.3 Å². The molecule has 1 atom stereocenters. The average Bonchev–Trinajstić information content (AvgIpc) is 1.82. The fourth-order valence-electron chi connectivity index (χ4n) is 0.682. The van der Waals surface area contributed by atoms with Gasteiger partial charge in [-0.2, -0.15) is 0 Å². The van der Waals surface area contributed by atoms with Crippen LogP contribution >= 0.6 is 0 Å². The van der Waals surface area contributed by atoms with Crippen molar-refractivity contribution in [3.8, 4) is 0 Å². The number of nitrogens with one attached hydrogen (secondary N) is 1. The predicted octanol–water partition coefficient (Wildman–Crippen LogP) is 0.962. The van der Waals surface area contributed by atoms with Crippen LogP contribution in [0, 0.1) is 0 Å². The predicted molar refractivity (Wildman–Crippen MR) is 38.4 cm³/mol. The zero-order valence-corrected chi connectivity index (χ0v) is 6.35. The number of rotatable bonds is 4. The minimum absolute atomic E-state index is 0.0463. The van der Waals surface area contributed by atoms with Gasteiger partial charge in [0.1, 0.15) is 6.29 Å². The van der Waals surface area contributed by atoms with Crippen LogP contribution < -0.4 is 5.32 Å². The largest absolute Gasteiger partial charge is 0.305 e. The molecule has 0 aromatic rings. The smallest absolute Gasteiger partial charge is 0.136 e. The van der Waals surface area contributed by atoms with Crippen molar-refractivity contribution < 1.29 is 4.79 Å². The Bertz CT molecular complexity index is 81.0. The van der Waals surface area contributed by atoms with Crippen molar-refractivity contribution in [1.82, 2.24) is 5.32 Å². The van der Waals surface area contributed by atoms with Gasteiger partial charge in [0, 0.05) is 6.04 Å². The molecule has 0 saturated carbocycles. The highest BCUT2D eigenvalue weighted by atomic mass is 16.1. The summed E-state index contributed by atoms with van der Waals surface area (Å²) in [5.41, 5.74) is 0. The Kier molecular flexibility index (Phi) is 4.32. The molecule has 54 valence electrons. The highest BCUT2D eigenvalue weighted by molar-refractivity contribution is 5.57. The second-order valence-corrected chi connectivity index (χ2v) is 2.47. The monoisotopic (exact) mass is 129 g/mol. The molecule has 0 bridgehead atoms. The zero-order valence-electron chi connectivity index (χ0n) is 6.35. The van der Waals surface area contributed by atoms with Crippen molar-refractivity contribution in [1.29, 1.82) is 0 Å². The van der Waals surface area contributed by atoms with Crippen molar-refractivity contribution in [2.24, 2.45) is 0 Å². The molecule has 0 saturated heterocycles. The van der Waals surface area contributed by atoms with E-state index in [0.717, 1.165) is 12.7 Å². The minimum atomic E-state index is 0.0463. The van der Waals surface area contributed by atoms with Crippen molar-refractivity contribution in [2.75, 3.05) is 0 Å². The van der Waals surface area contributed by atoms with Gasteiger partial charge in [0.25, 0.3) is 0 Å². The van der Waals surface area contributed by atoms with E-state index >= 15 is 0 Å². The van der Waals surface area contributed by atoms with Crippen LogP contribution in [0.2, 0.25) is 0 Å². The van der Waals surface area contributed by atoms with Crippen LogP contribution in [0.4, 0.5) is 0 Å². The lowest BCUT2D eigenvalue weighted by atomic mass is 10.2. The summed E-state index contributed by atoms with van der Waals surface area (Å²) in [6, 6.07) is 0.449. The molecule has 2 nitrogen and oxygen atoms in total. The molecule has 0 aliphatic rings. The molecule has 0 spiro atoms. The van der Waals surface area contributed by atoms with Gasteiger partial charge in [0.15, 0.2) is 0 Å². The highest BCUT2D eigenvalue weighted by Crippen LogP contribution is 1.87. The first-order valence-corrected chi connectivity index (χ1v) is 3.42. The molecule has 0 rings (SSSR count). The Morgan fingerprint density at radius 3 is 2.22 bits per heavy atom. The molecule has 0 radical (unpaired) electrons. The normalized spacial score (nSPS) is 13.8. The lowest BCUT2D eigenvalue weighted by Gasteiger charge is -2.12. The summed E-state index contributed by atoms with van der Waals surface area (Å²) in [6.45, 7) is 6.06. The summed E-state index contributed by atoms with van der Waals surface area (Å²) < 4.78 is 0. The third kappa shape index (κ3) is 4.15. The van der Waals surface area contributed by atoms with E-state index in [9.17, 15) is 4.79 Å². The highest BCUT2D eigenvalue weighted by Gasteiger charge is 2.03. The molecular formula is C7H15NO. The SMILES string of the molecule is CC[C@H](C=O)NC(C)C. The van der Waals surface area contributed by atoms with E-state index in [-0.39, 0.29) is 6.04 Å². The van der Waals surface area contributed by atoms with Crippen LogP contribution in [0.5, 0.6) is 0 Å². The Morgan fingerprint density at radius 2 is 2.11 bits per heavy atom. The first kappa shape index (κ1) is 8.63. The van der Waals surface area contributed by atoms with Gasteiger partial charge in [-0.25, -0.2) is 0 Å². The fourth-order valence-corrected chi connectivity index (χ4v) is 0.682. The molecule has 2 heteroatoms. The Labute approximate surface area is 56.6 Å². The second kappa shape index (κ2) is 4.50. The van der Waals surface area contributed by atoms with Crippen LogP contribution in [-0.2, 0) is 4.79 Å². The first-order valence-electron chi connectivity index (χ1n) is 3.42. The number of carbonyl (C=O) groups is 1. The molecule has 0 fully saturated rings. The van der Waals surface area contributed by atoms with E-state index in [2.05, 4.69) is 5.32 Å². The van der Waals surface area contributed by atoms with Gasteiger partial charge in [0.2, 0.25) is 0 Å². The Morgan fingerprint density at radius 1 is 1.56 bits per heavy atom. The van der Waals surface area contributed by atoms with E-state index in [1.807, 2.05) is 20.8 Å². The number of carbonyl (C=O) groups excluding carboxylic acids is 1. The van der Waals surface area contributed by atoms with Gasteiger partial charge in [-0.1, -0.05) is 20.8 Å². The maximum absolute atomic E-state index is 10.2. The summed E-state index contributed by atoms with van der Waals surface area (Å²) >= 11 is 0. The molecule has 0 amide bonds. The van der Waals surface area contributed by atoms with Crippen LogP contribution in [0.3, 0.4) is 0 Å². The van der Waals surface area contributed by atoms with Gasteiger partial charge in [-0.05, 0) is 6.42 Å². The van der Waals surface area contributed by atoms with Crippen molar-refractivity contribution in [3.63, 3.8) is 0 Å². The third-order valence-electron chi connectivity index (χ3n) is 1.15. The van der Waals surface area contributed by atoms with Gasteiger partial charge in [-0.15, -0.1) is 0 Å². The van der Waals surface area contributed by atoms with Gasteiger partial charge >= 0.3 is 0 Å². The van der Waals surface area contributed by atoms with E-state index in [0.29, 0.717) is 6.04 Å². The summed E-state index contributed by atoms with van der Waals surface area (Å²) in [5, 5.41) is 3.11. The maximum atomic E-state index is 10.2. The van der Waals surface area contributed by atoms with Crippen LogP contribution in [0.15, 0.2) is 0 Å². The lowest BCUT2D eigenvalue weighted by molar-refractivity contribution is -0.109. The quantitative estimate of drug-likeness (QED) is 0.573. The zero-order chi connectivity index (χ0) is 7.28. The average molecular weight is 129 g/mol. The maximum Gasteiger partial charge on any atom is 0.136 e. The summed E-state index contributed by atoms with van der Waals surface area (Å²) in [5.74, 6) is 0. The molecule has 0 aromatic heterocycles. The Balaban J connectivity index is 3.42. The van der Waals surface area contributed by atoms with Gasteiger partial charge < -0.3 is 10.1 Å². The van der Waals surface area contributed by atoms with E-state index in [4.69, 9.17) is 0 Å². The van der Waals surface area contributed by atoms with E-state index in [1.165, 1.54) is 0 Å². The van der Waals surface area contributed by atoms with Gasteiger partial charge in [-0.3, -0.25) is 0 Å². The summed E-state index contributed by atoms with van der Waals surface area (Å²) in [7, 11) is 0. The summed E-state index contributed by atoms with van der Waals surface area (Å²) in [4.78, 5) is 10.2. The van der Waals surface area contributed by atoms with Crippen LogP contribution in [-0.4, -0.2) is 18.4 Å². The molecule has 1 N–H and O–H groups in total. The second-order valence-electron chi connectivity index (χ2n) is 2.47. The summed E-state index contributed by atoms with van der Waals surface area (Å²) in [6.07, 6.45) is 1.84. The topological polar surface area (TPSA) is 29.1 Å². The molecule has 0 unspecified atom stereocenters. The van der Waals surface area contributed by atoms with Crippen LogP contribution in [0.25, 0.3) is 0 Å². The minimum Gasteiger partial charge on any atom is -0.305 e. The molecule has 0 aromatic carbocycles. The van der Waals surface area contributed by atoms with Crippen LogP contribution in [0.1, 0.15) is 27.2 Å². The molecule has 9 heavy (non-hydrogen) atoms. The molecule has 0 aliphatic heterocycles. The number of hydrogen-bond acceptors (Lipinski definition) is 2. The first-order chi connectivity index (χ1) is 4.20. The standard InChI is InChI=1S/C7H15NO/c1-4-7(5-9)8-6(2)3/h5-8H,4H2,1-3H3/t7-/m1/s1. The van der Waals surface area contributed by atoms with E-state index in [1.54, 1.807) is 0 Å². The molecular weight excluding hydrogens is 114 g/mol. The number of hydrogen-bond donors (Lipinski definition) is 1. The Hall–Kier alpha value is -0.370. The van der Waals surface area contributed by atoms with Crippen molar-refractivity contribution >= 4 is 6.29 Å². The molecule has 0 heterocycles. The third-order valence-corrected chi connectivity index (χ3v) is 1.15. The number of aldehydes is 1. The van der Waals surface area contributed by atoms with Crippen molar-refractivity contribution in [3.05, 3.63) is 0 Å². The van der Waals surface area contributed by atoms with E-state index < -0.39 is 0 Å². The van der Waals surface area contributed by atoms with Gasteiger partial charge in [0.05, 0.1) is 6.04 Å². The molecule has 0 aliphatic carbocycles.